The second-order valence-corrected chi connectivity index (χ2v) is 9.02. The number of nitrogens with two attached hydrogens (primary N) is 3. The standard InChI is InChI=1S/C16H15N3O8S2/c17-4-3-8-10-11(13(19)16(12(8)18)29(25,26)27)15(21)9-5-6(28(22,23)24)1-2-7(9)14(10)20/h1-2,5H,3-4,17-19H2,(H,22,23,24)(H,25,26,27). The Kier molecular flexibility index (Phi) is 4.76. The maximum Gasteiger partial charge on any atom is 0.298 e. The normalized spacial score (nSPS) is 13.9. The minimum Gasteiger partial charge on any atom is -0.397 e. The summed E-state index contributed by atoms with van der Waals surface area (Å²) in [6.45, 7) is -0.0680. The molecule has 3 rings (SSSR count). The van der Waals surface area contributed by atoms with Crippen LogP contribution < -0.4 is 17.2 Å². The fourth-order valence-corrected chi connectivity index (χ4v) is 4.61. The average molecular weight is 441 g/mol. The third-order valence-corrected chi connectivity index (χ3v) is 6.33. The summed E-state index contributed by atoms with van der Waals surface area (Å²) in [4.78, 5) is 24.5. The van der Waals surface area contributed by atoms with Gasteiger partial charge in [0.25, 0.3) is 20.2 Å². The third-order valence-electron chi connectivity index (χ3n) is 4.52. The first-order valence-electron chi connectivity index (χ1n) is 7.93. The van der Waals surface area contributed by atoms with Crippen LogP contribution in [0.25, 0.3) is 0 Å². The molecule has 0 unspecified atom stereocenters. The molecule has 2 aromatic rings. The topological polar surface area (TPSA) is 221 Å². The van der Waals surface area contributed by atoms with Crippen LogP contribution in [0.5, 0.6) is 0 Å². The summed E-state index contributed by atoms with van der Waals surface area (Å²) in [7, 11) is -9.67. The molecule has 0 saturated carbocycles. The van der Waals surface area contributed by atoms with Gasteiger partial charge in [-0.05, 0) is 36.7 Å². The van der Waals surface area contributed by atoms with Gasteiger partial charge in [-0.3, -0.25) is 18.7 Å². The molecular weight excluding hydrogens is 426 g/mol. The summed E-state index contributed by atoms with van der Waals surface area (Å²) in [5.41, 5.74) is 14.4. The van der Waals surface area contributed by atoms with E-state index in [0.29, 0.717) is 0 Å². The summed E-state index contributed by atoms with van der Waals surface area (Å²) >= 11 is 0. The molecule has 29 heavy (non-hydrogen) atoms. The van der Waals surface area contributed by atoms with E-state index in [1.54, 1.807) is 0 Å². The Labute approximate surface area is 165 Å². The van der Waals surface area contributed by atoms with Gasteiger partial charge >= 0.3 is 0 Å². The lowest BCUT2D eigenvalue weighted by Crippen LogP contribution is -2.28. The predicted octanol–water partition coefficient (Wildman–Crippen LogP) is -0.379. The quantitative estimate of drug-likeness (QED) is 0.259. The van der Waals surface area contributed by atoms with Crippen molar-refractivity contribution in [1.29, 1.82) is 0 Å². The number of carbonyl (C=O) groups excluding carboxylic acids is 2. The van der Waals surface area contributed by atoms with Crippen LogP contribution in [0, 0.1) is 0 Å². The minimum atomic E-state index is -4.98. The van der Waals surface area contributed by atoms with Crippen LogP contribution in [-0.2, 0) is 26.7 Å². The highest BCUT2D eigenvalue weighted by atomic mass is 32.2. The first-order valence-corrected chi connectivity index (χ1v) is 10.8. The Morgan fingerprint density at radius 3 is 1.93 bits per heavy atom. The lowest BCUT2D eigenvalue weighted by Gasteiger charge is -2.25. The monoisotopic (exact) mass is 441 g/mol. The number of hydrogen-bond donors (Lipinski definition) is 5. The highest BCUT2D eigenvalue weighted by Crippen LogP contribution is 2.41. The van der Waals surface area contributed by atoms with E-state index in [1.807, 2.05) is 0 Å². The van der Waals surface area contributed by atoms with Crippen LogP contribution in [0.15, 0.2) is 28.0 Å². The first kappa shape index (κ1) is 20.9. The van der Waals surface area contributed by atoms with Crippen LogP contribution in [-0.4, -0.2) is 44.1 Å². The van der Waals surface area contributed by atoms with E-state index in [0.717, 1.165) is 18.2 Å². The lowest BCUT2D eigenvalue weighted by atomic mass is 9.79. The van der Waals surface area contributed by atoms with Gasteiger partial charge in [-0.25, -0.2) is 0 Å². The molecule has 0 fully saturated rings. The Hall–Kier alpha value is -2.84. The molecule has 0 amide bonds. The highest BCUT2D eigenvalue weighted by molar-refractivity contribution is 7.86. The van der Waals surface area contributed by atoms with Crippen molar-refractivity contribution in [2.45, 2.75) is 16.2 Å². The summed E-state index contributed by atoms with van der Waals surface area (Å²) in [6, 6.07) is 2.75. The summed E-state index contributed by atoms with van der Waals surface area (Å²) in [5, 5.41) is 0. The Bertz CT molecular complexity index is 1310. The molecule has 0 saturated heterocycles. The lowest BCUT2D eigenvalue weighted by molar-refractivity contribution is 0.0978. The Morgan fingerprint density at radius 1 is 0.828 bits per heavy atom. The molecule has 0 aromatic heterocycles. The molecule has 13 heteroatoms. The molecule has 0 radical (unpaired) electrons. The molecule has 0 spiro atoms. The summed E-state index contributed by atoms with van der Waals surface area (Å²) in [6.07, 6.45) is -0.103. The number of ketones is 2. The van der Waals surface area contributed by atoms with Gasteiger partial charge in [0.15, 0.2) is 11.6 Å². The van der Waals surface area contributed by atoms with Crippen molar-refractivity contribution in [3.8, 4) is 0 Å². The average Bonchev–Trinajstić information content (AvgIpc) is 2.59. The molecule has 11 nitrogen and oxygen atoms in total. The number of carbonyl (C=O) groups is 2. The van der Waals surface area contributed by atoms with Gasteiger partial charge in [0, 0.05) is 16.7 Å². The van der Waals surface area contributed by atoms with Crippen LogP contribution in [0.4, 0.5) is 11.4 Å². The molecule has 1 aliphatic carbocycles. The minimum absolute atomic E-state index is 0.0680. The third kappa shape index (κ3) is 3.18. The fraction of sp³-hybridized carbons (Fsp3) is 0.125. The van der Waals surface area contributed by atoms with Crippen molar-refractivity contribution in [2.24, 2.45) is 5.73 Å². The van der Waals surface area contributed by atoms with E-state index in [1.165, 1.54) is 0 Å². The molecule has 2 aromatic carbocycles. The van der Waals surface area contributed by atoms with Crippen molar-refractivity contribution in [2.75, 3.05) is 18.0 Å². The maximum absolute atomic E-state index is 13.0. The van der Waals surface area contributed by atoms with Gasteiger partial charge in [0.05, 0.1) is 21.8 Å². The van der Waals surface area contributed by atoms with Gasteiger partial charge in [-0.15, -0.1) is 0 Å². The van der Waals surface area contributed by atoms with Crippen molar-refractivity contribution >= 4 is 43.2 Å². The molecule has 1 aliphatic rings. The van der Waals surface area contributed by atoms with Crippen LogP contribution >= 0.6 is 0 Å². The van der Waals surface area contributed by atoms with Crippen molar-refractivity contribution in [3.05, 3.63) is 46.0 Å². The van der Waals surface area contributed by atoms with E-state index in [-0.39, 0.29) is 29.7 Å². The maximum atomic E-state index is 13.0. The number of hydrogen-bond acceptors (Lipinski definition) is 9. The fourth-order valence-electron chi connectivity index (χ4n) is 3.32. The number of benzene rings is 2. The van der Waals surface area contributed by atoms with Gasteiger partial charge in [0.1, 0.15) is 4.90 Å². The van der Waals surface area contributed by atoms with Crippen molar-refractivity contribution < 1.29 is 35.5 Å². The highest BCUT2D eigenvalue weighted by Gasteiger charge is 2.38. The Balaban J connectivity index is 2.47. The zero-order valence-electron chi connectivity index (χ0n) is 14.5. The second kappa shape index (κ2) is 6.60. The van der Waals surface area contributed by atoms with E-state index < -0.39 is 64.1 Å². The van der Waals surface area contributed by atoms with E-state index in [4.69, 9.17) is 17.2 Å². The Morgan fingerprint density at radius 2 is 1.41 bits per heavy atom. The molecular formula is C16H15N3O8S2. The zero-order valence-corrected chi connectivity index (χ0v) is 16.2. The predicted molar refractivity (Wildman–Crippen MR) is 101 cm³/mol. The molecule has 0 bridgehead atoms. The van der Waals surface area contributed by atoms with Gasteiger partial charge < -0.3 is 17.2 Å². The molecule has 154 valence electrons. The SMILES string of the molecule is NCCc1c(N)c(S(=O)(=O)O)c(N)c2c1C(=O)c1ccc(S(=O)(=O)O)cc1C2=O. The van der Waals surface area contributed by atoms with Gasteiger partial charge in [-0.2, -0.15) is 16.8 Å². The smallest absolute Gasteiger partial charge is 0.298 e. The molecule has 0 heterocycles. The van der Waals surface area contributed by atoms with E-state index in [9.17, 15) is 35.5 Å². The summed E-state index contributed by atoms with van der Waals surface area (Å²) < 4.78 is 65.1. The second-order valence-electron chi connectivity index (χ2n) is 6.24. The van der Waals surface area contributed by atoms with E-state index in [2.05, 4.69) is 0 Å². The van der Waals surface area contributed by atoms with Crippen LogP contribution in [0.1, 0.15) is 37.4 Å². The number of fused-ring (bicyclic) bond motifs is 2. The zero-order chi connectivity index (χ0) is 21.9. The van der Waals surface area contributed by atoms with Crippen LogP contribution in [0.3, 0.4) is 0 Å². The molecule has 8 N–H and O–H groups in total. The van der Waals surface area contributed by atoms with Gasteiger partial charge in [-0.1, -0.05) is 0 Å². The number of rotatable bonds is 4. The number of nitrogen functional groups attached to an aromatic ring is 2. The van der Waals surface area contributed by atoms with Gasteiger partial charge in [0.2, 0.25) is 0 Å². The summed E-state index contributed by atoms with van der Waals surface area (Å²) in [5.74, 6) is -1.74. The van der Waals surface area contributed by atoms with Crippen molar-refractivity contribution in [1.82, 2.24) is 0 Å². The van der Waals surface area contributed by atoms with Crippen LogP contribution in [0.2, 0.25) is 0 Å². The first-order chi connectivity index (χ1) is 13.3. The van der Waals surface area contributed by atoms with E-state index >= 15 is 0 Å². The largest absolute Gasteiger partial charge is 0.397 e. The molecule has 0 aliphatic heterocycles. The van der Waals surface area contributed by atoms with Crippen molar-refractivity contribution in [3.63, 3.8) is 0 Å². The number of anilines is 2. The molecule has 0 atom stereocenters.